The number of rotatable bonds is 6. The van der Waals surface area contributed by atoms with Gasteiger partial charge in [-0.05, 0) is 62.2 Å². The second-order valence-corrected chi connectivity index (χ2v) is 11.2. The maximum Gasteiger partial charge on any atom is 0.236 e. The van der Waals surface area contributed by atoms with E-state index in [0.29, 0.717) is 0 Å². The monoisotopic (exact) mass is 546 g/mol. The van der Waals surface area contributed by atoms with Crippen LogP contribution in [0, 0.1) is 16.7 Å². The van der Waals surface area contributed by atoms with Crippen LogP contribution in [0.4, 0.5) is 5.82 Å². The molecule has 10 heteroatoms. The Morgan fingerprint density at radius 3 is 2.76 bits per heavy atom. The Hall–Kier alpha value is -4.91. The molecule has 0 saturated carbocycles. The third-order valence-corrected chi connectivity index (χ3v) is 8.58. The summed E-state index contributed by atoms with van der Waals surface area (Å²) in [6, 6.07) is 16.1. The summed E-state index contributed by atoms with van der Waals surface area (Å²) in [5.41, 5.74) is 4.87. The molecule has 1 amide bonds. The van der Waals surface area contributed by atoms with E-state index in [1.165, 1.54) is 0 Å². The lowest BCUT2D eigenvalue weighted by Gasteiger charge is -2.54. The summed E-state index contributed by atoms with van der Waals surface area (Å²) >= 11 is 0. The highest BCUT2D eigenvalue weighted by molar-refractivity contribution is 5.93. The van der Waals surface area contributed by atoms with Crippen LogP contribution >= 0.6 is 0 Å². The van der Waals surface area contributed by atoms with Crippen molar-refractivity contribution in [2.24, 2.45) is 5.41 Å². The molecule has 1 aromatic carbocycles. The van der Waals surface area contributed by atoms with E-state index in [0.717, 1.165) is 89.3 Å². The molecular weight excluding hydrogens is 516 g/mol. The Balaban J connectivity index is 1.03. The first-order chi connectivity index (χ1) is 20.0. The molecule has 5 aromatic rings. The van der Waals surface area contributed by atoms with Crippen molar-refractivity contribution < 1.29 is 9.53 Å². The van der Waals surface area contributed by atoms with Crippen LogP contribution in [0.25, 0.3) is 33.2 Å². The molecule has 4 aromatic heterocycles. The molecule has 0 aliphatic carbocycles. The van der Waals surface area contributed by atoms with E-state index in [4.69, 9.17) is 15.0 Å². The summed E-state index contributed by atoms with van der Waals surface area (Å²) < 4.78 is 6.36. The average Bonchev–Trinajstić information content (AvgIpc) is 3.63. The zero-order chi connectivity index (χ0) is 28.0. The Morgan fingerprint density at radius 1 is 1.12 bits per heavy atom. The van der Waals surface area contributed by atoms with Gasteiger partial charge in [-0.25, -0.2) is 9.97 Å². The number of amides is 1. The van der Waals surface area contributed by atoms with Crippen molar-refractivity contribution in [1.82, 2.24) is 30.0 Å². The number of pyridine rings is 2. The number of nitrogens with one attached hydrogen (secondary N) is 2. The number of carbonyl (C=O) groups excluding carboxylic acids is 1. The lowest BCUT2D eigenvalue weighted by Crippen LogP contribution is -2.61. The number of likely N-dealkylation sites (tertiary alicyclic amines) is 1. The molecule has 2 aliphatic heterocycles. The second kappa shape index (κ2) is 9.93. The minimum absolute atomic E-state index is 0.0307. The van der Waals surface area contributed by atoms with Crippen LogP contribution in [0.5, 0.6) is 5.75 Å². The van der Waals surface area contributed by atoms with Gasteiger partial charge < -0.3 is 19.5 Å². The number of anilines is 1. The fourth-order valence-corrected chi connectivity index (χ4v) is 6.26. The van der Waals surface area contributed by atoms with Crippen LogP contribution in [0.3, 0.4) is 0 Å². The van der Waals surface area contributed by atoms with E-state index in [1.54, 1.807) is 6.20 Å². The normalized spacial score (nSPS) is 17.0. The number of H-pyrrole nitrogens is 2. The third-order valence-electron chi connectivity index (χ3n) is 8.58. The van der Waals surface area contributed by atoms with Gasteiger partial charge in [0.15, 0.2) is 0 Å². The van der Waals surface area contributed by atoms with Gasteiger partial charge in [0.25, 0.3) is 0 Å². The van der Waals surface area contributed by atoms with Crippen LogP contribution in [0.1, 0.15) is 37.9 Å². The number of fused-ring (bicyclic) bond motifs is 2. The van der Waals surface area contributed by atoms with Gasteiger partial charge in [-0.1, -0.05) is 0 Å². The van der Waals surface area contributed by atoms with Crippen LogP contribution in [0.2, 0.25) is 0 Å². The first kappa shape index (κ1) is 25.1. The molecule has 41 heavy (non-hydrogen) atoms. The van der Waals surface area contributed by atoms with Crippen molar-refractivity contribution >= 4 is 33.7 Å². The summed E-state index contributed by atoms with van der Waals surface area (Å²) in [4.78, 5) is 28.5. The van der Waals surface area contributed by atoms with E-state index in [9.17, 15) is 4.79 Å². The van der Waals surface area contributed by atoms with Crippen molar-refractivity contribution in [2.45, 2.75) is 32.3 Å². The predicted molar refractivity (Wildman–Crippen MR) is 155 cm³/mol. The maximum absolute atomic E-state index is 12.0. The summed E-state index contributed by atoms with van der Waals surface area (Å²) in [6.45, 7) is 5.39. The first-order valence-corrected chi connectivity index (χ1v) is 13.9. The highest BCUT2D eigenvalue weighted by Gasteiger charge is 2.45. The maximum atomic E-state index is 12.0. The number of ether oxygens (including phenoxy) is 1. The molecule has 206 valence electrons. The largest absolute Gasteiger partial charge is 0.486 e. The molecule has 1 unspecified atom stereocenters. The standard InChI is InChI=1S/C31H30N8O2/c1-20(23-7-12-33-30-24(23)8-13-34-30)41-22-3-4-26-25(16-22)29(37-36-26)21-2-5-27(35-17-21)39-18-31(19-39)9-14-38(15-10-31)28(40)6-11-32/h2-5,7-8,12-13,16-17,20H,6,9-10,14-15,18-19H2,1H3,(H,33,34)(H,36,37). The van der Waals surface area contributed by atoms with Crippen molar-refractivity contribution in [3.8, 4) is 23.1 Å². The molecular formula is C31H30N8O2. The number of nitrogens with zero attached hydrogens (tertiary/aromatic N) is 6. The molecule has 1 atom stereocenters. The predicted octanol–water partition coefficient (Wildman–Crippen LogP) is 4.98. The molecule has 0 radical (unpaired) electrons. The summed E-state index contributed by atoms with van der Waals surface area (Å²) in [6.07, 6.45) is 7.33. The Kier molecular flexibility index (Phi) is 6.07. The molecule has 1 spiro atoms. The molecule has 10 nitrogen and oxygen atoms in total. The fraction of sp³-hybridized carbons (Fsp3) is 0.323. The van der Waals surface area contributed by atoms with Gasteiger partial charge in [0.2, 0.25) is 5.91 Å². The number of hydrogen-bond donors (Lipinski definition) is 2. The number of benzene rings is 1. The Labute approximate surface area is 237 Å². The zero-order valence-corrected chi connectivity index (χ0v) is 22.8. The number of aromatic nitrogens is 5. The van der Waals surface area contributed by atoms with E-state index in [2.05, 4.69) is 37.2 Å². The summed E-state index contributed by atoms with van der Waals surface area (Å²) in [7, 11) is 0. The lowest BCUT2D eigenvalue weighted by atomic mass is 9.72. The van der Waals surface area contributed by atoms with Gasteiger partial charge >= 0.3 is 0 Å². The van der Waals surface area contributed by atoms with Crippen molar-refractivity contribution in [3.63, 3.8) is 0 Å². The minimum Gasteiger partial charge on any atom is -0.486 e. The van der Waals surface area contributed by atoms with E-state index >= 15 is 0 Å². The Morgan fingerprint density at radius 2 is 1.98 bits per heavy atom. The summed E-state index contributed by atoms with van der Waals surface area (Å²) in [5.74, 6) is 1.67. The van der Waals surface area contributed by atoms with Gasteiger partial charge in [0.05, 0.1) is 11.6 Å². The zero-order valence-electron chi connectivity index (χ0n) is 22.8. The molecule has 2 saturated heterocycles. The van der Waals surface area contributed by atoms with Gasteiger partial charge in [-0.3, -0.25) is 9.89 Å². The molecule has 0 bridgehead atoms. The van der Waals surface area contributed by atoms with E-state index in [-0.39, 0.29) is 23.8 Å². The molecule has 6 heterocycles. The second-order valence-electron chi connectivity index (χ2n) is 11.2. The van der Waals surface area contributed by atoms with Crippen molar-refractivity contribution in [1.29, 1.82) is 5.26 Å². The van der Waals surface area contributed by atoms with Gasteiger partial charge in [0.1, 0.15) is 35.4 Å². The summed E-state index contributed by atoms with van der Waals surface area (Å²) in [5, 5.41) is 18.6. The highest BCUT2D eigenvalue weighted by atomic mass is 16.5. The van der Waals surface area contributed by atoms with Gasteiger partial charge in [-0.15, -0.1) is 0 Å². The lowest BCUT2D eigenvalue weighted by molar-refractivity contribution is -0.132. The van der Waals surface area contributed by atoms with Crippen LogP contribution in [-0.2, 0) is 4.79 Å². The topological polar surface area (TPSA) is 127 Å². The minimum atomic E-state index is -0.157. The Bertz CT molecular complexity index is 1770. The van der Waals surface area contributed by atoms with E-state index < -0.39 is 0 Å². The smallest absolute Gasteiger partial charge is 0.236 e. The first-order valence-electron chi connectivity index (χ1n) is 13.9. The van der Waals surface area contributed by atoms with E-state index in [1.807, 2.05) is 60.6 Å². The number of aromatic amines is 2. The molecule has 7 rings (SSSR count). The third kappa shape index (κ3) is 4.53. The van der Waals surface area contributed by atoms with Crippen LogP contribution in [-0.4, -0.2) is 62.1 Å². The quantitative estimate of drug-likeness (QED) is 0.307. The number of carbonyl (C=O) groups is 1. The van der Waals surface area contributed by atoms with Crippen LogP contribution in [0.15, 0.2) is 61.1 Å². The van der Waals surface area contributed by atoms with Gasteiger partial charge in [0, 0.05) is 72.1 Å². The highest BCUT2D eigenvalue weighted by Crippen LogP contribution is 2.42. The van der Waals surface area contributed by atoms with Crippen LogP contribution < -0.4 is 9.64 Å². The molecule has 2 N–H and O–H groups in total. The molecule has 2 fully saturated rings. The average molecular weight is 547 g/mol. The van der Waals surface area contributed by atoms with Crippen molar-refractivity contribution in [3.05, 3.63) is 66.6 Å². The SMILES string of the molecule is CC(Oc1ccc2[nH]nc(-c3ccc(N4CC5(CCN(C(=O)CC#N)CC5)C4)nc3)c2c1)c1ccnc2[nH]ccc12. The number of piperidine rings is 1. The number of hydrogen-bond acceptors (Lipinski definition) is 7. The number of nitriles is 1. The van der Waals surface area contributed by atoms with Crippen molar-refractivity contribution in [2.75, 3.05) is 31.1 Å². The fourth-order valence-electron chi connectivity index (χ4n) is 6.26. The molecule has 2 aliphatic rings. The van der Waals surface area contributed by atoms with Gasteiger partial charge in [-0.2, -0.15) is 10.4 Å².